The first-order valence-electron chi connectivity index (χ1n) is 8.14. The van der Waals surface area contributed by atoms with Crippen molar-refractivity contribution in [2.75, 3.05) is 0 Å². The smallest absolute Gasteiger partial charge is 0.198 e. The molecule has 6 nitrogen and oxygen atoms in total. The van der Waals surface area contributed by atoms with Crippen molar-refractivity contribution in [3.05, 3.63) is 57.1 Å². The summed E-state index contributed by atoms with van der Waals surface area (Å²) < 4.78 is 2.99. The van der Waals surface area contributed by atoms with E-state index in [0.29, 0.717) is 21.4 Å². The zero-order chi connectivity index (χ0) is 17.4. The lowest BCUT2D eigenvalue weighted by Crippen LogP contribution is -2.11. The summed E-state index contributed by atoms with van der Waals surface area (Å²) >= 11 is 1.26. The lowest BCUT2D eigenvalue weighted by atomic mass is 10.1. The second-order valence-electron chi connectivity index (χ2n) is 5.85. The van der Waals surface area contributed by atoms with Gasteiger partial charge in [0.2, 0.25) is 0 Å². The van der Waals surface area contributed by atoms with Gasteiger partial charge >= 0.3 is 0 Å². The van der Waals surface area contributed by atoms with E-state index in [1.54, 1.807) is 0 Å². The number of thiazole rings is 1. The molecule has 0 amide bonds. The molecule has 0 N–H and O–H groups in total. The van der Waals surface area contributed by atoms with Crippen LogP contribution in [0.5, 0.6) is 0 Å². The minimum atomic E-state index is 0.0000794. The fourth-order valence-electron chi connectivity index (χ4n) is 3.22. The minimum Gasteiger partial charge on any atom is -0.340 e. The van der Waals surface area contributed by atoms with Crippen LogP contribution in [0.4, 0.5) is 5.13 Å². The Morgan fingerprint density at radius 3 is 2.88 bits per heavy atom. The molecule has 2 heterocycles. The summed E-state index contributed by atoms with van der Waals surface area (Å²) in [5.74, 6) is 0. The van der Waals surface area contributed by atoms with Crippen molar-refractivity contribution in [3.8, 4) is 0 Å². The Morgan fingerprint density at radius 2 is 2.08 bits per heavy atom. The van der Waals surface area contributed by atoms with E-state index >= 15 is 0 Å². The number of hydrogen-bond donors (Lipinski definition) is 0. The second kappa shape index (κ2) is 6.20. The van der Waals surface area contributed by atoms with E-state index in [2.05, 4.69) is 26.5 Å². The number of nitrogens with zero attached hydrogens (tertiary/aromatic N) is 5. The largest absolute Gasteiger partial charge is 0.340 e. The van der Waals surface area contributed by atoms with E-state index < -0.39 is 0 Å². The first kappa shape index (κ1) is 15.6. The molecule has 124 valence electrons. The van der Waals surface area contributed by atoms with Crippen LogP contribution in [0.15, 0.2) is 46.3 Å². The van der Waals surface area contributed by atoms with Crippen LogP contribution in [-0.2, 0) is 6.54 Å². The van der Waals surface area contributed by atoms with Gasteiger partial charge in [-0.2, -0.15) is 0 Å². The van der Waals surface area contributed by atoms with Gasteiger partial charge in [-0.25, -0.2) is 4.98 Å². The summed E-state index contributed by atoms with van der Waals surface area (Å²) in [6, 6.07) is 11.5. The molecule has 0 atom stereocenters. The van der Waals surface area contributed by atoms with Crippen molar-refractivity contribution in [2.24, 2.45) is 5.11 Å². The molecule has 2 aromatic carbocycles. The summed E-state index contributed by atoms with van der Waals surface area (Å²) in [5.41, 5.74) is 11.2. The van der Waals surface area contributed by atoms with Gasteiger partial charge in [0.1, 0.15) is 0 Å². The van der Waals surface area contributed by atoms with Crippen LogP contribution in [0.25, 0.3) is 42.5 Å². The van der Waals surface area contributed by atoms with Crippen molar-refractivity contribution >= 4 is 48.5 Å². The summed E-state index contributed by atoms with van der Waals surface area (Å²) in [6.07, 6.45) is 2.11. The van der Waals surface area contributed by atoms with Gasteiger partial charge in [0, 0.05) is 16.8 Å². The molecule has 0 aliphatic heterocycles. The number of fused-ring (bicyclic) bond motifs is 4. The molecule has 7 heteroatoms. The molecule has 0 saturated heterocycles. The van der Waals surface area contributed by atoms with Gasteiger partial charge < -0.3 is 4.57 Å². The number of aromatic nitrogens is 2. The Kier molecular flexibility index (Phi) is 3.87. The summed E-state index contributed by atoms with van der Waals surface area (Å²) in [7, 11) is 0. The molecule has 0 saturated carbocycles. The Balaban J connectivity index is 2.20. The molecule has 0 fully saturated rings. The predicted molar refractivity (Wildman–Crippen MR) is 103 cm³/mol. The number of hydrogen-bond acceptors (Lipinski definition) is 4. The highest BCUT2D eigenvalue weighted by Gasteiger charge is 2.15. The maximum absolute atomic E-state index is 13.2. The first-order valence-corrected chi connectivity index (χ1v) is 8.96. The fraction of sp³-hybridized carbons (Fsp3) is 0.222. The predicted octanol–water partition coefficient (Wildman–Crippen LogP) is 5.51. The van der Waals surface area contributed by atoms with E-state index in [0.717, 1.165) is 35.1 Å². The zero-order valence-electron chi connectivity index (χ0n) is 13.6. The van der Waals surface area contributed by atoms with E-state index in [4.69, 9.17) is 5.53 Å². The normalized spacial score (nSPS) is 11.2. The molecule has 2 aromatic heterocycles. The molecule has 0 aliphatic carbocycles. The Hall–Kier alpha value is -2.89. The van der Waals surface area contributed by atoms with Gasteiger partial charge in [-0.05, 0) is 41.3 Å². The number of para-hydroxylation sites is 1. The average molecular weight is 349 g/mol. The van der Waals surface area contributed by atoms with Gasteiger partial charge in [0.15, 0.2) is 10.6 Å². The second-order valence-corrected chi connectivity index (χ2v) is 6.82. The molecular formula is C18H15N5OS. The van der Waals surface area contributed by atoms with Crippen LogP contribution in [0.2, 0.25) is 0 Å². The Morgan fingerprint density at radius 1 is 1.24 bits per heavy atom. The lowest BCUT2D eigenvalue weighted by molar-refractivity contribution is 0.662. The summed E-state index contributed by atoms with van der Waals surface area (Å²) in [6.45, 7) is 3.00. The molecule has 4 aromatic rings. The quantitative estimate of drug-likeness (QED) is 0.211. The first-order chi connectivity index (χ1) is 12.2. The zero-order valence-corrected chi connectivity index (χ0v) is 14.5. The summed E-state index contributed by atoms with van der Waals surface area (Å²) in [5, 5.41) is 5.29. The maximum atomic E-state index is 13.2. The highest BCUT2D eigenvalue weighted by Crippen LogP contribution is 2.34. The standard InChI is InChI=1S/C18H15N5OS/c1-2-3-10-23-13-7-5-4-6-11(13)16(24)15-14(23)9-8-12-17(15)25-18(20-12)21-22-19/h4-9H,2-3,10H2,1H3. The molecule has 0 aliphatic rings. The fourth-order valence-corrected chi connectivity index (χ4v) is 4.14. The number of unbranched alkanes of at least 4 members (excludes halogenated alkanes) is 1. The van der Waals surface area contributed by atoms with Crippen molar-refractivity contribution in [3.63, 3.8) is 0 Å². The third kappa shape index (κ3) is 2.45. The van der Waals surface area contributed by atoms with Crippen LogP contribution in [0.1, 0.15) is 19.8 Å². The minimum absolute atomic E-state index is 0.0000794. The Labute approximate surface area is 147 Å². The van der Waals surface area contributed by atoms with Gasteiger partial charge in [-0.3, -0.25) is 4.79 Å². The Bertz CT molecular complexity index is 1220. The maximum Gasteiger partial charge on any atom is 0.198 e. The molecule has 0 bridgehead atoms. The van der Waals surface area contributed by atoms with Crippen LogP contribution in [-0.4, -0.2) is 9.55 Å². The number of pyridine rings is 1. The number of benzene rings is 2. The number of aryl methyl sites for hydroxylation is 1. The third-order valence-corrected chi connectivity index (χ3v) is 5.32. The van der Waals surface area contributed by atoms with Crippen LogP contribution >= 0.6 is 11.3 Å². The van der Waals surface area contributed by atoms with E-state index in [9.17, 15) is 4.79 Å². The topological polar surface area (TPSA) is 83.7 Å². The molecular weight excluding hydrogens is 334 g/mol. The van der Waals surface area contributed by atoms with Crippen molar-refractivity contribution in [1.82, 2.24) is 9.55 Å². The monoisotopic (exact) mass is 349 g/mol. The number of azide groups is 1. The van der Waals surface area contributed by atoms with Gasteiger partial charge in [-0.1, -0.05) is 25.5 Å². The highest BCUT2D eigenvalue weighted by molar-refractivity contribution is 7.22. The lowest BCUT2D eigenvalue weighted by Gasteiger charge is -2.15. The SMILES string of the molecule is CCCCn1c2ccccc2c(=O)c2c3sc(N=[N+]=[N-])nc3ccc21. The summed E-state index contributed by atoms with van der Waals surface area (Å²) in [4.78, 5) is 20.3. The van der Waals surface area contributed by atoms with Crippen molar-refractivity contribution in [2.45, 2.75) is 26.3 Å². The molecule has 4 rings (SSSR count). The molecule has 0 spiro atoms. The van der Waals surface area contributed by atoms with Crippen LogP contribution in [0, 0.1) is 0 Å². The molecule has 0 radical (unpaired) electrons. The molecule has 0 unspecified atom stereocenters. The van der Waals surface area contributed by atoms with Crippen molar-refractivity contribution in [1.29, 1.82) is 0 Å². The van der Waals surface area contributed by atoms with E-state index in [-0.39, 0.29) is 5.43 Å². The van der Waals surface area contributed by atoms with Crippen LogP contribution < -0.4 is 5.43 Å². The molecule has 25 heavy (non-hydrogen) atoms. The van der Waals surface area contributed by atoms with Crippen LogP contribution in [0.3, 0.4) is 0 Å². The van der Waals surface area contributed by atoms with E-state index in [1.165, 1.54) is 11.3 Å². The van der Waals surface area contributed by atoms with Gasteiger partial charge in [0.25, 0.3) is 0 Å². The average Bonchev–Trinajstić information content (AvgIpc) is 3.04. The van der Waals surface area contributed by atoms with Gasteiger partial charge in [-0.15, -0.1) is 11.3 Å². The van der Waals surface area contributed by atoms with E-state index in [1.807, 2.05) is 36.4 Å². The third-order valence-electron chi connectivity index (χ3n) is 4.35. The van der Waals surface area contributed by atoms with Crippen molar-refractivity contribution < 1.29 is 0 Å². The van der Waals surface area contributed by atoms with Gasteiger partial charge in [0.05, 0.1) is 26.6 Å². The number of rotatable bonds is 4. The highest BCUT2D eigenvalue weighted by atomic mass is 32.1.